The van der Waals surface area contributed by atoms with Gasteiger partial charge in [-0.25, -0.2) is 15.0 Å². The molecule has 2 aromatic heterocycles. The van der Waals surface area contributed by atoms with Crippen molar-refractivity contribution in [1.29, 1.82) is 0 Å². The summed E-state index contributed by atoms with van der Waals surface area (Å²) in [5, 5.41) is 0. The van der Waals surface area contributed by atoms with Crippen molar-refractivity contribution in [3.8, 4) is 0 Å². The normalized spacial score (nSPS) is 19.7. The third-order valence-electron chi connectivity index (χ3n) is 4.56. The number of hydrogen-bond donors (Lipinski definition) is 0. The molecular weight excluding hydrogens is 356 g/mol. The Hall–Kier alpha value is -1.73. The van der Waals surface area contributed by atoms with E-state index in [9.17, 15) is 0 Å². The van der Waals surface area contributed by atoms with Gasteiger partial charge in [0, 0.05) is 63.9 Å². The molecule has 2 aromatic rings. The second kappa shape index (κ2) is 6.41. The van der Waals surface area contributed by atoms with Crippen LogP contribution in [0.15, 0.2) is 41.3 Å². The van der Waals surface area contributed by atoms with Crippen LogP contribution < -0.4 is 9.80 Å². The second-order valence-corrected chi connectivity index (χ2v) is 6.89. The van der Waals surface area contributed by atoms with Crippen molar-refractivity contribution in [2.24, 2.45) is 0 Å². The Morgan fingerprint density at radius 3 is 2.30 bits per heavy atom. The summed E-state index contributed by atoms with van der Waals surface area (Å²) in [7, 11) is 0. The average Bonchev–Trinajstić information content (AvgIpc) is 2.57. The molecular formula is C16H19BrN6. The molecule has 0 saturated carbocycles. The van der Waals surface area contributed by atoms with Crippen LogP contribution in [0.3, 0.4) is 0 Å². The van der Waals surface area contributed by atoms with E-state index in [1.54, 1.807) is 12.4 Å². The highest BCUT2D eigenvalue weighted by Gasteiger charge is 2.34. The van der Waals surface area contributed by atoms with Crippen molar-refractivity contribution in [3.63, 3.8) is 0 Å². The van der Waals surface area contributed by atoms with Gasteiger partial charge in [-0.15, -0.1) is 0 Å². The maximum absolute atomic E-state index is 4.44. The Balaban J connectivity index is 1.28. The van der Waals surface area contributed by atoms with Gasteiger partial charge >= 0.3 is 0 Å². The molecule has 2 aliphatic rings. The van der Waals surface area contributed by atoms with Crippen LogP contribution in [-0.2, 0) is 0 Å². The molecule has 0 unspecified atom stereocenters. The maximum atomic E-state index is 4.44. The lowest BCUT2D eigenvalue weighted by molar-refractivity contribution is 0.156. The zero-order valence-electron chi connectivity index (χ0n) is 12.8. The number of rotatable bonds is 3. The number of halogens is 1. The van der Waals surface area contributed by atoms with Gasteiger partial charge in [-0.2, -0.15) is 0 Å². The number of aromatic nitrogens is 3. The molecule has 2 fully saturated rings. The Bertz CT molecular complexity index is 635. The van der Waals surface area contributed by atoms with Crippen LogP contribution in [0.25, 0.3) is 0 Å². The minimum Gasteiger partial charge on any atom is -0.354 e. The standard InChI is InChI=1S/C16H19BrN6/c17-13-9-19-16(20-10-13)23-11-14(12-23)21-5-7-22(8-6-21)15-3-1-2-4-18-15/h1-4,9-10,14H,5-8,11-12H2. The van der Waals surface area contributed by atoms with Crippen molar-refractivity contribution in [2.75, 3.05) is 49.1 Å². The van der Waals surface area contributed by atoms with Crippen LogP contribution in [0.4, 0.5) is 11.8 Å². The summed E-state index contributed by atoms with van der Waals surface area (Å²) in [4.78, 5) is 20.4. The smallest absolute Gasteiger partial charge is 0.225 e. The molecule has 2 aliphatic heterocycles. The summed E-state index contributed by atoms with van der Waals surface area (Å²) < 4.78 is 0.920. The lowest BCUT2D eigenvalue weighted by Gasteiger charge is -2.48. The monoisotopic (exact) mass is 374 g/mol. The number of pyridine rings is 1. The van der Waals surface area contributed by atoms with Crippen LogP contribution in [0.1, 0.15) is 0 Å². The Morgan fingerprint density at radius 2 is 1.65 bits per heavy atom. The van der Waals surface area contributed by atoms with Crippen molar-refractivity contribution in [1.82, 2.24) is 19.9 Å². The van der Waals surface area contributed by atoms with Gasteiger partial charge in [0.25, 0.3) is 0 Å². The highest BCUT2D eigenvalue weighted by atomic mass is 79.9. The molecule has 4 heterocycles. The molecule has 0 N–H and O–H groups in total. The van der Waals surface area contributed by atoms with Crippen molar-refractivity contribution in [3.05, 3.63) is 41.3 Å². The van der Waals surface area contributed by atoms with E-state index >= 15 is 0 Å². The average molecular weight is 375 g/mol. The lowest BCUT2D eigenvalue weighted by Crippen LogP contribution is -2.63. The van der Waals surface area contributed by atoms with Crippen molar-refractivity contribution < 1.29 is 0 Å². The SMILES string of the molecule is Brc1cnc(N2CC(N3CCN(c4ccccn4)CC3)C2)nc1. The Kier molecular flexibility index (Phi) is 4.13. The molecule has 23 heavy (non-hydrogen) atoms. The van der Waals surface area contributed by atoms with Gasteiger partial charge in [-0.05, 0) is 28.1 Å². The third kappa shape index (κ3) is 3.16. The largest absolute Gasteiger partial charge is 0.354 e. The minimum atomic E-state index is 0.619. The zero-order chi connectivity index (χ0) is 15.6. The van der Waals surface area contributed by atoms with Gasteiger partial charge in [0.1, 0.15) is 5.82 Å². The number of hydrogen-bond acceptors (Lipinski definition) is 6. The van der Waals surface area contributed by atoms with Gasteiger partial charge in [-0.3, -0.25) is 4.90 Å². The molecule has 0 aromatic carbocycles. The molecule has 0 spiro atoms. The van der Waals surface area contributed by atoms with Crippen LogP contribution in [0, 0.1) is 0 Å². The predicted molar refractivity (Wildman–Crippen MR) is 93.8 cm³/mol. The van der Waals surface area contributed by atoms with Gasteiger partial charge in [0.2, 0.25) is 5.95 Å². The van der Waals surface area contributed by atoms with Crippen molar-refractivity contribution in [2.45, 2.75) is 6.04 Å². The first-order valence-corrected chi connectivity index (χ1v) is 8.71. The molecule has 0 bridgehead atoms. The zero-order valence-corrected chi connectivity index (χ0v) is 14.4. The summed E-state index contributed by atoms with van der Waals surface area (Å²) in [5.41, 5.74) is 0. The van der Waals surface area contributed by atoms with Gasteiger partial charge in [-0.1, -0.05) is 6.07 Å². The highest BCUT2D eigenvalue weighted by Crippen LogP contribution is 2.22. The first-order valence-electron chi connectivity index (χ1n) is 7.92. The van der Waals surface area contributed by atoms with Gasteiger partial charge in [0.05, 0.1) is 4.47 Å². The Labute approximate surface area is 144 Å². The van der Waals surface area contributed by atoms with E-state index in [1.807, 2.05) is 12.3 Å². The summed E-state index contributed by atoms with van der Waals surface area (Å²) in [5.74, 6) is 1.92. The summed E-state index contributed by atoms with van der Waals surface area (Å²) in [6.45, 7) is 6.31. The molecule has 0 aliphatic carbocycles. The third-order valence-corrected chi connectivity index (χ3v) is 4.97. The second-order valence-electron chi connectivity index (χ2n) is 5.97. The van der Waals surface area contributed by atoms with E-state index in [4.69, 9.17) is 0 Å². The molecule has 7 heteroatoms. The number of piperazine rings is 1. The fourth-order valence-electron chi connectivity index (χ4n) is 3.18. The summed E-state index contributed by atoms with van der Waals surface area (Å²) in [6, 6.07) is 6.73. The summed E-state index contributed by atoms with van der Waals surface area (Å²) >= 11 is 3.37. The fraction of sp³-hybridized carbons (Fsp3) is 0.438. The van der Waals surface area contributed by atoms with Crippen LogP contribution in [0.2, 0.25) is 0 Å². The molecule has 0 amide bonds. The van der Waals surface area contributed by atoms with E-state index in [-0.39, 0.29) is 0 Å². The van der Waals surface area contributed by atoms with E-state index in [0.29, 0.717) is 6.04 Å². The maximum Gasteiger partial charge on any atom is 0.225 e. The minimum absolute atomic E-state index is 0.619. The molecule has 120 valence electrons. The number of anilines is 2. The molecule has 0 atom stereocenters. The fourth-order valence-corrected chi connectivity index (χ4v) is 3.38. The van der Waals surface area contributed by atoms with E-state index in [2.05, 4.69) is 57.7 Å². The van der Waals surface area contributed by atoms with Crippen LogP contribution in [-0.4, -0.2) is 65.2 Å². The molecule has 6 nitrogen and oxygen atoms in total. The van der Waals surface area contributed by atoms with Gasteiger partial charge < -0.3 is 9.80 Å². The van der Waals surface area contributed by atoms with Crippen LogP contribution in [0.5, 0.6) is 0 Å². The molecule has 2 saturated heterocycles. The Morgan fingerprint density at radius 1 is 0.913 bits per heavy atom. The van der Waals surface area contributed by atoms with E-state index in [1.165, 1.54) is 0 Å². The topological polar surface area (TPSA) is 48.4 Å². The first-order chi connectivity index (χ1) is 11.3. The molecule has 4 rings (SSSR count). The molecule has 0 radical (unpaired) electrons. The quantitative estimate of drug-likeness (QED) is 0.813. The summed E-state index contributed by atoms with van der Waals surface area (Å²) in [6.07, 6.45) is 5.48. The van der Waals surface area contributed by atoms with Crippen molar-refractivity contribution >= 4 is 27.7 Å². The van der Waals surface area contributed by atoms with Gasteiger partial charge in [0.15, 0.2) is 0 Å². The first kappa shape index (κ1) is 14.8. The van der Waals surface area contributed by atoms with E-state index < -0.39 is 0 Å². The number of nitrogens with zero attached hydrogens (tertiary/aromatic N) is 6. The lowest BCUT2D eigenvalue weighted by atomic mass is 10.1. The highest BCUT2D eigenvalue weighted by molar-refractivity contribution is 9.10. The predicted octanol–water partition coefficient (Wildman–Crippen LogP) is 1.64. The van der Waals surface area contributed by atoms with Crippen LogP contribution >= 0.6 is 15.9 Å². The van der Waals surface area contributed by atoms with E-state index in [0.717, 1.165) is 55.5 Å².